The van der Waals surface area contributed by atoms with Crippen molar-refractivity contribution in [3.63, 3.8) is 0 Å². The van der Waals surface area contributed by atoms with Crippen LogP contribution in [0.15, 0.2) is 24.3 Å². The molecule has 0 fully saturated rings. The maximum absolute atomic E-state index is 12.9. The third kappa shape index (κ3) is 7.32. The van der Waals surface area contributed by atoms with Crippen molar-refractivity contribution in [2.45, 2.75) is 44.4 Å². The maximum Gasteiger partial charge on any atom is 0.391 e. The van der Waals surface area contributed by atoms with Crippen molar-refractivity contribution in [3.8, 4) is 0 Å². The number of halogens is 4. The molecule has 130 valence electrons. The van der Waals surface area contributed by atoms with Gasteiger partial charge in [-0.2, -0.15) is 13.2 Å². The lowest BCUT2D eigenvalue weighted by Gasteiger charge is -2.23. The summed E-state index contributed by atoms with van der Waals surface area (Å²) in [5.41, 5.74) is 0.161. The third-order valence-electron chi connectivity index (χ3n) is 3.32. The van der Waals surface area contributed by atoms with E-state index >= 15 is 0 Å². The van der Waals surface area contributed by atoms with Gasteiger partial charge in [0.05, 0.1) is 12.5 Å². The van der Waals surface area contributed by atoms with E-state index in [1.165, 1.54) is 12.1 Å². The van der Waals surface area contributed by atoms with Gasteiger partial charge in [0.15, 0.2) is 0 Å². The fraction of sp³-hybridized carbons (Fsp3) is 0.533. The minimum absolute atomic E-state index is 0.136. The first-order chi connectivity index (χ1) is 10.7. The molecule has 2 unspecified atom stereocenters. The molecule has 0 aromatic heterocycles. The van der Waals surface area contributed by atoms with Crippen molar-refractivity contribution in [2.75, 3.05) is 6.61 Å². The van der Waals surface area contributed by atoms with Crippen LogP contribution in [0.5, 0.6) is 0 Å². The van der Waals surface area contributed by atoms with E-state index < -0.39 is 30.5 Å². The molecule has 0 aliphatic heterocycles. The topological polar surface area (TPSA) is 61.4 Å². The zero-order chi connectivity index (χ0) is 17.5. The Kier molecular flexibility index (Phi) is 7.28. The highest BCUT2D eigenvalue weighted by Crippen LogP contribution is 2.29. The second-order valence-electron chi connectivity index (χ2n) is 5.16. The monoisotopic (exact) mass is 336 g/mol. The van der Waals surface area contributed by atoms with Crippen LogP contribution >= 0.6 is 0 Å². The number of carbonyl (C=O) groups is 1. The number of aliphatic hydroxyl groups excluding tert-OH is 1. The van der Waals surface area contributed by atoms with Crippen LogP contribution in [0.25, 0.3) is 0 Å². The zero-order valence-electron chi connectivity index (χ0n) is 12.7. The van der Waals surface area contributed by atoms with Gasteiger partial charge in [-0.3, -0.25) is 0 Å². The molecule has 1 aromatic carbocycles. The molecule has 0 aliphatic carbocycles. The van der Waals surface area contributed by atoms with Crippen molar-refractivity contribution in [2.24, 2.45) is 0 Å². The molecule has 1 rings (SSSR count). The van der Waals surface area contributed by atoms with Gasteiger partial charge in [0.25, 0.3) is 0 Å². The molecule has 2 atom stereocenters. The van der Waals surface area contributed by atoms with Gasteiger partial charge in [-0.05, 0) is 30.5 Å². The molecular weight excluding hydrogens is 316 g/mol. The number of amides is 2. The first-order valence-corrected chi connectivity index (χ1v) is 7.25. The molecule has 0 heterocycles. The highest BCUT2D eigenvalue weighted by molar-refractivity contribution is 5.74. The number of benzene rings is 1. The van der Waals surface area contributed by atoms with Crippen molar-refractivity contribution < 1.29 is 27.5 Å². The molecule has 0 bridgehead atoms. The largest absolute Gasteiger partial charge is 0.396 e. The van der Waals surface area contributed by atoms with Crippen molar-refractivity contribution in [1.29, 1.82) is 0 Å². The van der Waals surface area contributed by atoms with E-state index in [-0.39, 0.29) is 18.2 Å². The molecule has 23 heavy (non-hydrogen) atoms. The summed E-state index contributed by atoms with van der Waals surface area (Å²) in [6, 6.07) is 2.08. The molecule has 0 spiro atoms. The van der Waals surface area contributed by atoms with Crippen molar-refractivity contribution in [3.05, 3.63) is 35.6 Å². The average Bonchev–Trinajstić information content (AvgIpc) is 2.45. The van der Waals surface area contributed by atoms with Crippen LogP contribution in [-0.4, -0.2) is 30.0 Å². The van der Waals surface area contributed by atoms with Gasteiger partial charge in [0.2, 0.25) is 0 Å². The molecule has 0 saturated heterocycles. The Morgan fingerprint density at radius 1 is 1.22 bits per heavy atom. The Bertz CT molecular complexity index is 491. The second-order valence-corrected chi connectivity index (χ2v) is 5.16. The molecule has 0 saturated carbocycles. The quantitative estimate of drug-likeness (QED) is 0.669. The first kappa shape index (κ1) is 19.2. The van der Waals surface area contributed by atoms with Crippen LogP contribution in [0.1, 0.15) is 37.8 Å². The van der Waals surface area contributed by atoms with E-state index in [2.05, 4.69) is 10.6 Å². The van der Waals surface area contributed by atoms with E-state index in [4.69, 9.17) is 5.11 Å². The lowest BCUT2D eigenvalue weighted by atomic mass is 10.0. The van der Waals surface area contributed by atoms with E-state index in [0.717, 1.165) is 12.1 Å². The standard InChI is InChI=1S/C15H20F4N2O2/c1-2-12(7-8-22)20-14(23)21-13(9-15(17,18)19)10-3-5-11(16)6-4-10/h3-6,12-13,22H,2,7-9H2,1H3,(H2,20,21,23). The summed E-state index contributed by atoms with van der Waals surface area (Å²) >= 11 is 0. The number of hydrogen-bond donors (Lipinski definition) is 3. The van der Waals surface area contributed by atoms with Gasteiger partial charge in [-0.15, -0.1) is 0 Å². The lowest BCUT2D eigenvalue weighted by molar-refractivity contribution is -0.139. The predicted molar refractivity (Wildman–Crippen MR) is 77.3 cm³/mol. The van der Waals surface area contributed by atoms with Gasteiger partial charge < -0.3 is 15.7 Å². The van der Waals surface area contributed by atoms with E-state index in [1.54, 1.807) is 6.92 Å². The van der Waals surface area contributed by atoms with Gasteiger partial charge in [0.1, 0.15) is 5.82 Å². The maximum atomic E-state index is 12.9. The molecule has 4 nitrogen and oxygen atoms in total. The number of alkyl halides is 3. The summed E-state index contributed by atoms with van der Waals surface area (Å²) < 4.78 is 51.0. The number of hydrogen-bond acceptors (Lipinski definition) is 2. The van der Waals surface area contributed by atoms with Gasteiger partial charge in [-0.25, -0.2) is 9.18 Å². The molecule has 3 N–H and O–H groups in total. The molecular formula is C15H20F4N2O2. The minimum Gasteiger partial charge on any atom is -0.396 e. The van der Waals surface area contributed by atoms with Gasteiger partial charge in [-0.1, -0.05) is 19.1 Å². The molecule has 0 aliphatic rings. The molecule has 8 heteroatoms. The van der Waals surface area contributed by atoms with Crippen LogP contribution in [-0.2, 0) is 0 Å². The van der Waals surface area contributed by atoms with Crippen LogP contribution < -0.4 is 10.6 Å². The number of carbonyl (C=O) groups excluding carboxylic acids is 1. The highest BCUT2D eigenvalue weighted by atomic mass is 19.4. The van der Waals surface area contributed by atoms with Crippen LogP contribution in [0.2, 0.25) is 0 Å². The second kappa shape index (κ2) is 8.71. The fourth-order valence-electron chi connectivity index (χ4n) is 2.10. The minimum atomic E-state index is -4.48. The average molecular weight is 336 g/mol. The normalized spacial score (nSPS) is 14.2. The van der Waals surface area contributed by atoms with Crippen LogP contribution in [0.3, 0.4) is 0 Å². The zero-order valence-corrected chi connectivity index (χ0v) is 12.7. The summed E-state index contributed by atoms with van der Waals surface area (Å²) in [6.07, 6.45) is -4.90. The summed E-state index contributed by atoms with van der Waals surface area (Å²) in [4.78, 5) is 11.9. The Morgan fingerprint density at radius 3 is 2.30 bits per heavy atom. The first-order valence-electron chi connectivity index (χ1n) is 7.25. The van der Waals surface area contributed by atoms with Gasteiger partial charge in [0, 0.05) is 12.6 Å². The Morgan fingerprint density at radius 2 is 1.83 bits per heavy atom. The lowest BCUT2D eigenvalue weighted by Crippen LogP contribution is -2.44. The highest BCUT2D eigenvalue weighted by Gasteiger charge is 2.33. The predicted octanol–water partition coefficient (Wildman–Crippen LogP) is 3.28. The van der Waals surface area contributed by atoms with E-state index in [0.29, 0.717) is 12.8 Å². The molecule has 0 radical (unpaired) electrons. The van der Waals surface area contributed by atoms with Crippen LogP contribution in [0, 0.1) is 5.82 Å². The summed E-state index contributed by atoms with van der Waals surface area (Å²) in [6.45, 7) is 1.65. The van der Waals surface area contributed by atoms with Crippen molar-refractivity contribution in [1.82, 2.24) is 10.6 Å². The molecule has 2 amide bonds. The van der Waals surface area contributed by atoms with Crippen molar-refractivity contribution >= 4 is 6.03 Å². The third-order valence-corrected chi connectivity index (χ3v) is 3.32. The summed E-state index contributed by atoms with van der Waals surface area (Å²) in [7, 11) is 0. The summed E-state index contributed by atoms with van der Waals surface area (Å²) in [5, 5.41) is 13.6. The Balaban J connectivity index is 2.80. The van der Waals surface area contributed by atoms with Gasteiger partial charge >= 0.3 is 12.2 Å². The SMILES string of the molecule is CCC(CCO)NC(=O)NC(CC(F)(F)F)c1ccc(F)cc1. The van der Waals surface area contributed by atoms with E-state index in [9.17, 15) is 22.4 Å². The fourth-order valence-corrected chi connectivity index (χ4v) is 2.10. The van der Waals surface area contributed by atoms with E-state index in [1.807, 2.05) is 0 Å². The molecule has 1 aromatic rings. The Labute approximate surface area is 131 Å². The van der Waals surface area contributed by atoms with Crippen LogP contribution in [0.4, 0.5) is 22.4 Å². The Hall–Kier alpha value is -1.83. The number of aliphatic hydroxyl groups is 1. The summed E-state index contributed by atoms with van der Waals surface area (Å²) in [5.74, 6) is -0.571. The number of nitrogens with one attached hydrogen (secondary N) is 2. The number of urea groups is 1. The number of rotatable bonds is 7. The smallest absolute Gasteiger partial charge is 0.391 e.